The Kier molecular flexibility index (Phi) is 8.05. The number of carbonyl (C=O) groups excluding carboxylic acids is 2. The number of rotatable bonds is 7. The SMILES string of the molecule is COc1ccc(OC(=O)N(CC(=O)OCS)Cc2ccc(I)cc2)cc1. The van der Waals surface area contributed by atoms with E-state index in [0.29, 0.717) is 11.5 Å². The molecule has 26 heavy (non-hydrogen) atoms. The van der Waals surface area contributed by atoms with E-state index < -0.39 is 12.1 Å². The summed E-state index contributed by atoms with van der Waals surface area (Å²) in [5.41, 5.74) is 0.871. The van der Waals surface area contributed by atoms with Gasteiger partial charge in [-0.1, -0.05) is 12.1 Å². The first-order valence-electron chi connectivity index (χ1n) is 7.63. The lowest BCUT2D eigenvalue weighted by atomic mass is 10.2. The zero-order valence-electron chi connectivity index (χ0n) is 14.1. The summed E-state index contributed by atoms with van der Waals surface area (Å²) < 4.78 is 16.3. The second kappa shape index (κ2) is 10.3. The number of carbonyl (C=O) groups is 2. The van der Waals surface area contributed by atoms with Crippen LogP contribution in [0, 0.1) is 3.57 Å². The van der Waals surface area contributed by atoms with E-state index in [9.17, 15) is 9.59 Å². The van der Waals surface area contributed by atoms with E-state index in [1.165, 1.54) is 4.90 Å². The van der Waals surface area contributed by atoms with Gasteiger partial charge < -0.3 is 14.2 Å². The number of benzene rings is 2. The van der Waals surface area contributed by atoms with Gasteiger partial charge in [0.1, 0.15) is 24.0 Å². The molecule has 0 N–H and O–H groups in total. The third kappa shape index (κ3) is 6.41. The van der Waals surface area contributed by atoms with Gasteiger partial charge in [-0.25, -0.2) is 4.79 Å². The molecule has 0 saturated carbocycles. The highest BCUT2D eigenvalue weighted by Gasteiger charge is 2.20. The largest absolute Gasteiger partial charge is 0.497 e. The molecule has 0 fully saturated rings. The Morgan fingerprint density at radius 2 is 1.65 bits per heavy atom. The first-order chi connectivity index (χ1) is 12.5. The summed E-state index contributed by atoms with van der Waals surface area (Å²) in [5, 5.41) is 0. The molecule has 0 bridgehead atoms. The Bertz CT molecular complexity index is 736. The minimum absolute atomic E-state index is 0.0519. The van der Waals surface area contributed by atoms with Crippen molar-refractivity contribution in [3.8, 4) is 11.5 Å². The summed E-state index contributed by atoms with van der Waals surface area (Å²) in [6, 6.07) is 14.2. The Labute approximate surface area is 171 Å². The molecule has 0 aliphatic carbocycles. The molecule has 0 aromatic heterocycles. The highest BCUT2D eigenvalue weighted by Crippen LogP contribution is 2.18. The number of halogens is 1. The topological polar surface area (TPSA) is 65.1 Å². The van der Waals surface area contributed by atoms with Crippen molar-refractivity contribution in [1.82, 2.24) is 4.90 Å². The Morgan fingerprint density at radius 1 is 1.04 bits per heavy atom. The third-order valence-corrected chi connectivity index (χ3v) is 4.20. The van der Waals surface area contributed by atoms with Gasteiger partial charge in [-0.15, -0.1) is 12.6 Å². The molecule has 0 saturated heterocycles. The van der Waals surface area contributed by atoms with Crippen LogP contribution in [0.4, 0.5) is 4.79 Å². The molecule has 0 atom stereocenters. The fourth-order valence-corrected chi connectivity index (χ4v) is 2.58. The third-order valence-electron chi connectivity index (χ3n) is 3.35. The summed E-state index contributed by atoms with van der Waals surface area (Å²) in [6.07, 6.45) is -0.648. The molecule has 2 aromatic rings. The van der Waals surface area contributed by atoms with Crippen molar-refractivity contribution >= 4 is 47.3 Å². The second-order valence-corrected chi connectivity index (χ2v) is 6.68. The molecule has 6 nitrogen and oxygen atoms in total. The fourth-order valence-electron chi connectivity index (χ4n) is 2.08. The Balaban J connectivity index is 2.10. The van der Waals surface area contributed by atoms with Crippen LogP contribution in [0.25, 0.3) is 0 Å². The zero-order chi connectivity index (χ0) is 18.9. The van der Waals surface area contributed by atoms with Gasteiger partial charge in [0, 0.05) is 10.1 Å². The van der Waals surface area contributed by atoms with E-state index in [4.69, 9.17) is 14.2 Å². The van der Waals surface area contributed by atoms with Crippen molar-refractivity contribution in [3.05, 3.63) is 57.7 Å². The van der Waals surface area contributed by atoms with Crippen molar-refractivity contribution in [2.75, 3.05) is 19.6 Å². The Morgan fingerprint density at radius 3 is 2.23 bits per heavy atom. The van der Waals surface area contributed by atoms with Crippen LogP contribution in [0.15, 0.2) is 48.5 Å². The fraction of sp³-hybridized carbons (Fsp3) is 0.222. The van der Waals surface area contributed by atoms with Crippen LogP contribution in [-0.4, -0.2) is 36.6 Å². The molecule has 0 heterocycles. The molecule has 2 aromatic carbocycles. The first-order valence-corrected chi connectivity index (χ1v) is 9.34. The summed E-state index contributed by atoms with van der Waals surface area (Å²) in [5.74, 6) is 0.394. The number of nitrogens with zero attached hydrogens (tertiary/aromatic N) is 1. The summed E-state index contributed by atoms with van der Waals surface area (Å²) in [4.78, 5) is 25.6. The van der Waals surface area contributed by atoms with E-state index >= 15 is 0 Å². The van der Waals surface area contributed by atoms with Crippen LogP contribution in [0.5, 0.6) is 11.5 Å². The molecule has 2 rings (SSSR count). The maximum Gasteiger partial charge on any atom is 0.416 e. The van der Waals surface area contributed by atoms with Gasteiger partial charge in [0.2, 0.25) is 0 Å². The van der Waals surface area contributed by atoms with Crippen molar-refractivity contribution in [2.45, 2.75) is 6.54 Å². The van der Waals surface area contributed by atoms with Crippen molar-refractivity contribution in [2.24, 2.45) is 0 Å². The molecule has 0 aliphatic rings. The predicted molar refractivity (Wildman–Crippen MR) is 109 cm³/mol. The number of hydrogen-bond donors (Lipinski definition) is 1. The van der Waals surface area contributed by atoms with E-state index in [1.54, 1.807) is 31.4 Å². The maximum absolute atomic E-state index is 12.5. The molecular weight excluding hydrogens is 469 g/mol. The van der Waals surface area contributed by atoms with Gasteiger partial charge in [-0.05, 0) is 64.6 Å². The quantitative estimate of drug-likeness (QED) is 0.279. The highest BCUT2D eigenvalue weighted by atomic mass is 127. The minimum Gasteiger partial charge on any atom is -0.497 e. The van der Waals surface area contributed by atoms with Gasteiger partial charge in [0.15, 0.2) is 0 Å². The smallest absolute Gasteiger partial charge is 0.416 e. The highest BCUT2D eigenvalue weighted by molar-refractivity contribution is 14.1. The van der Waals surface area contributed by atoms with E-state index in [1.807, 2.05) is 24.3 Å². The number of ether oxygens (including phenoxy) is 3. The average Bonchev–Trinajstić information content (AvgIpc) is 2.63. The average molecular weight is 487 g/mol. The van der Waals surface area contributed by atoms with E-state index in [2.05, 4.69) is 35.2 Å². The number of thiol groups is 1. The molecular formula is C18H18INO5S. The second-order valence-electron chi connectivity index (χ2n) is 5.17. The van der Waals surface area contributed by atoms with Crippen LogP contribution >= 0.6 is 35.2 Å². The Hall–Kier alpha value is -1.94. The van der Waals surface area contributed by atoms with Crippen molar-refractivity contribution in [1.29, 1.82) is 0 Å². The summed E-state index contributed by atoms with van der Waals surface area (Å²) in [7, 11) is 1.55. The monoisotopic (exact) mass is 487 g/mol. The van der Waals surface area contributed by atoms with Gasteiger partial charge >= 0.3 is 12.1 Å². The lowest BCUT2D eigenvalue weighted by Gasteiger charge is -2.21. The molecule has 138 valence electrons. The molecule has 0 radical (unpaired) electrons. The summed E-state index contributed by atoms with van der Waals surface area (Å²) >= 11 is 6.05. The van der Waals surface area contributed by atoms with Gasteiger partial charge in [0.05, 0.1) is 7.11 Å². The van der Waals surface area contributed by atoms with Crippen LogP contribution in [-0.2, 0) is 16.1 Å². The van der Waals surface area contributed by atoms with Crippen LogP contribution in [0.1, 0.15) is 5.56 Å². The normalized spacial score (nSPS) is 10.1. The standard InChI is InChI=1S/C18H18INO5S/c1-23-15-6-8-16(9-7-15)25-18(22)20(11-17(21)24-12-26)10-13-2-4-14(19)5-3-13/h2-9,26H,10-12H2,1H3. The van der Waals surface area contributed by atoms with Gasteiger partial charge in [-0.3, -0.25) is 9.69 Å². The van der Waals surface area contributed by atoms with Crippen LogP contribution in [0.2, 0.25) is 0 Å². The van der Waals surface area contributed by atoms with Gasteiger partial charge in [0.25, 0.3) is 0 Å². The molecule has 0 spiro atoms. The van der Waals surface area contributed by atoms with Gasteiger partial charge in [-0.2, -0.15) is 0 Å². The van der Waals surface area contributed by atoms with E-state index in [0.717, 1.165) is 9.13 Å². The van der Waals surface area contributed by atoms with Crippen LogP contribution in [0.3, 0.4) is 0 Å². The predicted octanol–water partition coefficient (Wildman–Crippen LogP) is 3.73. The zero-order valence-corrected chi connectivity index (χ0v) is 17.1. The number of methoxy groups -OCH3 is 1. The molecule has 1 amide bonds. The number of esters is 1. The maximum atomic E-state index is 12.5. The van der Waals surface area contributed by atoms with Crippen LogP contribution < -0.4 is 9.47 Å². The first kappa shape index (κ1) is 20.4. The number of hydrogen-bond acceptors (Lipinski definition) is 6. The molecule has 8 heteroatoms. The molecule has 0 unspecified atom stereocenters. The lowest BCUT2D eigenvalue weighted by molar-refractivity contribution is -0.142. The molecule has 0 aliphatic heterocycles. The van der Waals surface area contributed by atoms with E-state index in [-0.39, 0.29) is 19.0 Å². The van der Waals surface area contributed by atoms with Crippen molar-refractivity contribution in [3.63, 3.8) is 0 Å². The van der Waals surface area contributed by atoms with Crippen molar-refractivity contribution < 1.29 is 23.8 Å². The summed E-state index contributed by atoms with van der Waals surface area (Å²) in [6.45, 7) is -0.0187. The minimum atomic E-state index is -0.648. The number of amides is 1. The lowest BCUT2D eigenvalue weighted by Crippen LogP contribution is -2.37.